The van der Waals surface area contributed by atoms with Gasteiger partial charge in [-0.3, -0.25) is 4.98 Å². The first kappa shape index (κ1) is 13.9. The molecular formula is C17H14ClNO2. The van der Waals surface area contributed by atoms with Crippen molar-refractivity contribution in [2.75, 3.05) is 0 Å². The second-order valence-corrected chi connectivity index (χ2v) is 5.07. The molecule has 1 N–H and O–H groups in total. The summed E-state index contributed by atoms with van der Waals surface area (Å²) in [5.41, 5.74) is 2.57. The highest BCUT2D eigenvalue weighted by atomic mass is 35.5. The van der Waals surface area contributed by atoms with E-state index in [1.54, 1.807) is 6.20 Å². The topological polar surface area (TPSA) is 42.4 Å². The number of nitrogens with zero attached hydrogens (tertiary/aromatic N) is 1. The van der Waals surface area contributed by atoms with Gasteiger partial charge in [0.25, 0.3) is 0 Å². The van der Waals surface area contributed by atoms with Crippen molar-refractivity contribution in [1.29, 1.82) is 0 Å². The molecule has 0 radical (unpaired) electrons. The smallest absolute Gasteiger partial charge is 0.125 e. The van der Waals surface area contributed by atoms with Crippen molar-refractivity contribution < 1.29 is 9.84 Å². The Hall–Kier alpha value is -2.10. The summed E-state index contributed by atoms with van der Waals surface area (Å²) in [5.74, 6) is 0.680. The van der Waals surface area contributed by atoms with Gasteiger partial charge in [0.2, 0.25) is 0 Å². The Labute approximate surface area is 127 Å². The van der Waals surface area contributed by atoms with Crippen LogP contribution in [0.5, 0.6) is 5.75 Å². The quantitative estimate of drug-likeness (QED) is 0.793. The van der Waals surface area contributed by atoms with Crippen LogP contribution in [0.25, 0.3) is 10.9 Å². The van der Waals surface area contributed by atoms with Crippen molar-refractivity contribution in [3.63, 3.8) is 0 Å². The summed E-state index contributed by atoms with van der Waals surface area (Å²) in [6.07, 6.45) is 1.74. The van der Waals surface area contributed by atoms with Crippen LogP contribution in [0.3, 0.4) is 0 Å². The first-order valence-corrected chi connectivity index (χ1v) is 7.01. The van der Waals surface area contributed by atoms with Gasteiger partial charge in [-0.05, 0) is 24.3 Å². The number of ether oxygens (including phenoxy) is 1. The number of halogens is 1. The molecule has 0 aliphatic carbocycles. The van der Waals surface area contributed by atoms with Crippen molar-refractivity contribution in [2.45, 2.75) is 13.2 Å². The predicted octanol–water partition coefficient (Wildman–Crippen LogP) is 3.96. The average molecular weight is 300 g/mol. The van der Waals surface area contributed by atoms with Crippen LogP contribution in [-0.2, 0) is 13.2 Å². The van der Waals surface area contributed by atoms with Gasteiger partial charge in [-0.1, -0.05) is 35.9 Å². The molecule has 2 aromatic carbocycles. The van der Waals surface area contributed by atoms with Crippen molar-refractivity contribution in [1.82, 2.24) is 4.98 Å². The van der Waals surface area contributed by atoms with Gasteiger partial charge in [0.05, 0.1) is 12.1 Å². The molecule has 1 heterocycles. The van der Waals surface area contributed by atoms with E-state index in [0.717, 1.165) is 22.0 Å². The Morgan fingerprint density at radius 3 is 2.71 bits per heavy atom. The number of fused-ring (bicyclic) bond motifs is 1. The number of aliphatic hydroxyl groups excluding tert-OH is 1. The Morgan fingerprint density at radius 1 is 1.00 bits per heavy atom. The van der Waals surface area contributed by atoms with Gasteiger partial charge in [-0.25, -0.2) is 0 Å². The van der Waals surface area contributed by atoms with E-state index >= 15 is 0 Å². The maximum atomic E-state index is 9.31. The van der Waals surface area contributed by atoms with E-state index in [1.807, 2.05) is 48.5 Å². The minimum Gasteiger partial charge on any atom is -0.488 e. The molecule has 4 heteroatoms. The van der Waals surface area contributed by atoms with E-state index in [0.29, 0.717) is 17.4 Å². The molecule has 0 amide bonds. The van der Waals surface area contributed by atoms with Gasteiger partial charge >= 0.3 is 0 Å². The minimum absolute atomic E-state index is 0.0458. The van der Waals surface area contributed by atoms with Crippen LogP contribution in [0.4, 0.5) is 0 Å². The number of hydrogen-bond donors (Lipinski definition) is 1. The zero-order valence-corrected chi connectivity index (χ0v) is 12.0. The molecule has 0 unspecified atom stereocenters. The first-order chi connectivity index (χ1) is 10.3. The van der Waals surface area contributed by atoms with Crippen molar-refractivity contribution in [3.05, 3.63) is 70.9 Å². The molecule has 1 aromatic heterocycles. The third-order valence-corrected chi connectivity index (χ3v) is 3.66. The molecule has 0 aliphatic rings. The van der Waals surface area contributed by atoms with Gasteiger partial charge in [-0.15, -0.1) is 0 Å². The maximum absolute atomic E-state index is 9.31. The summed E-state index contributed by atoms with van der Waals surface area (Å²) in [6.45, 7) is 0.331. The first-order valence-electron chi connectivity index (χ1n) is 6.63. The van der Waals surface area contributed by atoms with Crippen LogP contribution in [0.15, 0.2) is 54.7 Å². The van der Waals surface area contributed by atoms with Gasteiger partial charge in [0.1, 0.15) is 12.4 Å². The third kappa shape index (κ3) is 2.84. The zero-order valence-electron chi connectivity index (χ0n) is 11.3. The van der Waals surface area contributed by atoms with E-state index in [-0.39, 0.29) is 6.61 Å². The fraction of sp³-hybridized carbons (Fsp3) is 0.118. The largest absolute Gasteiger partial charge is 0.488 e. The maximum Gasteiger partial charge on any atom is 0.125 e. The van der Waals surface area contributed by atoms with E-state index in [9.17, 15) is 5.11 Å². The molecule has 0 fully saturated rings. The fourth-order valence-corrected chi connectivity index (χ4v) is 2.46. The van der Waals surface area contributed by atoms with Crippen LogP contribution >= 0.6 is 11.6 Å². The van der Waals surface area contributed by atoms with Crippen LogP contribution in [0.1, 0.15) is 11.1 Å². The van der Waals surface area contributed by atoms with Gasteiger partial charge in [-0.2, -0.15) is 0 Å². The Kier molecular flexibility index (Phi) is 4.04. The summed E-state index contributed by atoms with van der Waals surface area (Å²) < 4.78 is 5.82. The normalized spacial score (nSPS) is 10.8. The fourth-order valence-electron chi connectivity index (χ4n) is 2.24. The van der Waals surface area contributed by atoms with Crippen molar-refractivity contribution >= 4 is 22.5 Å². The lowest BCUT2D eigenvalue weighted by atomic mass is 10.1. The third-order valence-electron chi connectivity index (χ3n) is 3.33. The molecule has 0 spiro atoms. The molecule has 3 nitrogen and oxygen atoms in total. The van der Waals surface area contributed by atoms with Gasteiger partial charge < -0.3 is 9.84 Å². The average Bonchev–Trinajstić information content (AvgIpc) is 2.55. The summed E-state index contributed by atoms with van der Waals surface area (Å²) in [7, 11) is 0. The molecule has 0 saturated heterocycles. The lowest BCUT2D eigenvalue weighted by Crippen LogP contribution is -2.00. The number of benzene rings is 2. The monoisotopic (exact) mass is 299 g/mol. The number of pyridine rings is 1. The summed E-state index contributed by atoms with van der Waals surface area (Å²) >= 11 is 6.18. The van der Waals surface area contributed by atoms with Crippen molar-refractivity contribution in [3.8, 4) is 5.75 Å². The minimum atomic E-state index is -0.0458. The van der Waals surface area contributed by atoms with Gasteiger partial charge in [0, 0.05) is 27.7 Å². The lowest BCUT2D eigenvalue weighted by molar-refractivity contribution is 0.259. The van der Waals surface area contributed by atoms with E-state index < -0.39 is 0 Å². The molecule has 21 heavy (non-hydrogen) atoms. The lowest BCUT2D eigenvalue weighted by Gasteiger charge is -2.11. The van der Waals surface area contributed by atoms with E-state index in [1.165, 1.54) is 0 Å². The summed E-state index contributed by atoms with van der Waals surface area (Å²) in [6, 6.07) is 15.0. The van der Waals surface area contributed by atoms with Crippen LogP contribution in [0.2, 0.25) is 5.02 Å². The molecule has 0 saturated carbocycles. The van der Waals surface area contributed by atoms with Crippen LogP contribution in [-0.4, -0.2) is 10.1 Å². The Morgan fingerprint density at radius 2 is 1.86 bits per heavy atom. The Balaban J connectivity index is 1.91. The molecular weight excluding hydrogens is 286 g/mol. The molecule has 0 bridgehead atoms. The molecule has 3 rings (SSSR count). The van der Waals surface area contributed by atoms with Gasteiger partial charge in [0.15, 0.2) is 0 Å². The number of hydrogen-bond acceptors (Lipinski definition) is 3. The van der Waals surface area contributed by atoms with E-state index in [4.69, 9.17) is 16.3 Å². The molecule has 0 aliphatic heterocycles. The highest BCUT2D eigenvalue weighted by Crippen LogP contribution is 2.26. The molecule has 3 aromatic rings. The van der Waals surface area contributed by atoms with Crippen LogP contribution < -0.4 is 4.74 Å². The van der Waals surface area contributed by atoms with E-state index in [2.05, 4.69) is 4.98 Å². The zero-order chi connectivity index (χ0) is 14.7. The number of aromatic nitrogens is 1. The summed E-state index contributed by atoms with van der Waals surface area (Å²) in [4.78, 5) is 4.38. The standard InChI is InChI=1S/C17H14ClNO2/c18-15-8-7-13(17-14(15)5-3-9-19-17)11-21-16-6-2-1-4-12(16)10-20/h1-9,20H,10-11H2. The Bertz CT molecular complexity index is 774. The van der Waals surface area contributed by atoms with Crippen LogP contribution in [0, 0.1) is 0 Å². The highest BCUT2D eigenvalue weighted by molar-refractivity contribution is 6.35. The SMILES string of the molecule is OCc1ccccc1OCc1ccc(Cl)c2cccnc12. The molecule has 106 valence electrons. The number of para-hydroxylation sites is 1. The number of rotatable bonds is 4. The predicted molar refractivity (Wildman–Crippen MR) is 83.4 cm³/mol. The van der Waals surface area contributed by atoms with Crippen molar-refractivity contribution in [2.24, 2.45) is 0 Å². The molecule has 0 atom stereocenters. The second-order valence-electron chi connectivity index (χ2n) is 4.66. The highest BCUT2D eigenvalue weighted by Gasteiger charge is 2.07. The number of aliphatic hydroxyl groups is 1. The second kappa shape index (κ2) is 6.12. The summed E-state index contributed by atoms with van der Waals surface area (Å²) in [5, 5.41) is 10.9.